The molecule has 0 spiro atoms. The lowest BCUT2D eigenvalue weighted by atomic mass is 10.2. The summed E-state index contributed by atoms with van der Waals surface area (Å²) in [5, 5.41) is 0. The Morgan fingerprint density at radius 2 is 1.63 bits per heavy atom. The van der Waals surface area contributed by atoms with Gasteiger partial charge in [-0.25, -0.2) is 15.0 Å². The summed E-state index contributed by atoms with van der Waals surface area (Å²) in [4.78, 5) is 13.6. The van der Waals surface area contributed by atoms with Gasteiger partial charge in [-0.2, -0.15) is 5.43 Å². The zero-order chi connectivity index (χ0) is 20.3. The van der Waals surface area contributed by atoms with Crippen molar-refractivity contribution in [3.8, 4) is 17.1 Å². The van der Waals surface area contributed by atoms with Crippen LogP contribution in [0.1, 0.15) is 5.56 Å². The summed E-state index contributed by atoms with van der Waals surface area (Å²) in [7, 11) is 0. The van der Waals surface area contributed by atoms with Gasteiger partial charge in [-0.05, 0) is 42.0 Å². The van der Waals surface area contributed by atoms with Gasteiger partial charge in [0.2, 0.25) is 0 Å². The van der Waals surface area contributed by atoms with E-state index in [-0.39, 0.29) is 0 Å². The molecule has 4 heterocycles. The van der Waals surface area contributed by atoms with E-state index in [0.29, 0.717) is 12.4 Å². The van der Waals surface area contributed by atoms with Crippen molar-refractivity contribution in [2.75, 3.05) is 11.2 Å². The van der Waals surface area contributed by atoms with Gasteiger partial charge in [0.25, 0.3) is 0 Å². The molecule has 5 rings (SSSR count). The number of hydrogen-bond donors (Lipinski definition) is 2. The fraction of sp³-hybridized carbons (Fsp3) is 0.0435. The average Bonchev–Trinajstić information content (AvgIpc) is 3.18. The Labute approximate surface area is 173 Å². The van der Waals surface area contributed by atoms with E-state index in [1.54, 1.807) is 12.4 Å². The van der Waals surface area contributed by atoms with E-state index in [1.165, 1.54) is 0 Å². The Morgan fingerprint density at radius 1 is 0.867 bits per heavy atom. The molecule has 30 heavy (non-hydrogen) atoms. The van der Waals surface area contributed by atoms with Crippen LogP contribution in [0.25, 0.3) is 28.2 Å². The van der Waals surface area contributed by atoms with Gasteiger partial charge in [0.15, 0.2) is 23.9 Å². The number of anilines is 1. The third-order valence-electron chi connectivity index (χ3n) is 4.87. The van der Waals surface area contributed by atoms with Gasteiger partial charge >= 0.3 is 0 Å². The number of nitrogens with two attached hydrogens (primary N) is 1. The normalized spacial score (nSPS) is 10.9. The maximum atomic E-state index is 6.14. The maximum absolute atomic E-state index is 6.14. The Balaban J connectivity index is 1.53. The third kappa shape index (κ3) is 3.33. The molecule has 0 aliphatic heterocycles. The fourth-order valence-electron chi connectivity index (χ4n) is 3.39. The lowest BCUT2D eigenvalue weighted by molar-refractivity contribution is -0.651. The topological polar surface area (TPSA) is 85.5 Å². The van der Waals surface area contributed by atoms with Crippen molar-refractivity contribution < 1.29 is 4.68 Å². The Bertz CT molecular complexity index is 1290. The standard InChI is InChI=1S/C23H20N7/c24-21-19(6-4-12-25-21)22-28-20-7-5-13-26-23(20)30(22)18-10-8-17(9-11-18)16-27-29-14-2-1-3-15-29/h1-15,27H,16H2,(H2,24,25)/q+1. The van der Waals surface area contributed by atoms with Gasteiger partial charge < -0.3 is 5.73 Å². The molecule has 4 aromatic heterocycles. The van der Waals surface area contributed by atoms with Crippen molar-refractivity contribution in [1.82, 2.24) is 19.5 Å². The van der Waals surface area contributed by atoms with Crippen LogP contribution in [-0.2, 0) is 6.54 Å². The van der Waals surface area contributed by atoms with Crippen molar-refractivity contribution in [2.45, 2.75) is 6.54 Å². The molecule has 0 saturated heterocycles. The van der Waals surface area contributed by atoms with Gasteiger partial charge in [0.05, 0.1) is 12.1 Å². The van der Waals surface area contributed by atoms with Crippen LogP contribution in [0.5, 0.6) is 0 Å². The molecule has 7 heteroatoms. The second-order valence-corrected chi connectivity index (χ2v) is 6.84. The van der Waals surface area contributed by atoms with Gasteiger partial charge in [-0.15, -0.1) is 0 Å². The molecule has 0 radical (unpaired) electrons. The number of pyridine rings is 3. The van der Waals surface area contributed by atoms with E-state index in [9.17, 15) is 0 Å². The van der Waals surface area contributed by atoms with E-state index < -0.39 is 0 Å². The van der Waals surface area contributed by atoms with Crippen molar-refractivity contribution in [1.29, 1.82) is 0 Å². The molecular weight excluding hydrogens is 374 g/mol. The number of nitrogens with one attached hydrogen (secondary N) is 1. The van der Waals surface area contributed by atoms with Gasteiger partial charge in [0.1, 0.15) is 11.3 Å². The van der Waals surface area contributed by atoms with E-state index in [1.807, 2.05) is 64.1 Å². The highest BCUT2D eigenvalue weighted by Crippen LogP contribution is 2.29. The zero-order valence-corrected chi connectivity index (χ0v) is 16.2. The largest absolute Gasteiger partial charge is 0.383 e. The number of imidazole rings is 1. The first-order valence-corrected chi connectivity index (χ1v) is 9.63. The average molecular weight is 394 g/mol. The maximum Gasteiger partial charge on any atom is 0.199 e. The van der Waals surface area contributed by atoms with Gasteiger partial charge in [-0.3, -0.25) is 4.57 Å². The lowest BCUT2D eigenvalue weighted by Gasteiger charge is -2.11. The van der Waals surface area contributed by atoms with Crippen LogP contribution >= 0.6 is 0 Å². The molecule has 7 nitrogen and oxygen atoms in total. The van der Waals surface area contributed by atoms with Crippen LogP contribution in [0.4, 0.5) is 5.82 Å². The molecule has 3 N–H and O–H groups in total. The minimum atomic E-state index is 0.440. The van der Waals surface area contributed by atoms with Gasteiger partial charge in [0, 0.05) is 30.2 Å². The molecule has 0 aliphatic rings. The summed E-state index contributed by atoms with van der Waals surface area (Å²) in [6.45, 7) is 0.709. The van der Waals surface area contributed by atoms with E-state index in [0.717, 1.165) is 33.8 Å². The SMILES string of the molecule is Nc1ncccc1-c1nc2cccnc2n1-c1ccc(CN[n+]2ccccc2)cc1. The first-order valence-electron chi connectivity index (χ1n) is 9.63. The molecule has 0 atom stereocenters. The number of rotatable bonds is 5. The predicted octanol–water partition coefficient (Wildman–Crippen LogP) is 3.10. The molecular formula is C23H20N7+. The molecule has 1 aromatic carbocycles. The highest BCUT2D eigenvalue weighted by molar-refractivity contribution is 5.82. The van der Waals surface area contributed by atoms with Crippen molar-refractivity contribution in [2.24, 2.45) is 0 Å². The lowest BCUT2D eigenvalue weighted by Crippen LogP contribution is -2.43. The Kier molecular flexibility index (Phi) is 4.53. The first kappa shape index (κ1) is 17.8. The minimum Gasteiger partial charge on any atom is -0.383 e. The molecule has 5 aromatic rings. The van der Waals surface area contributed by atoms with Crippen LogP contribution in [0.2, 0.25) is 0 Å². The van der Waals surface area contributed by atoms with Crippen LogP contribution in [0.3, 0.4) is 0 Å². The van der Waals surface area contributed by atoms with Crippen molar-refractivity contribution >= 4 is 17.0 Å². The molecule has 0 aliphatic carbocycles. The van der Waals surface area contributed by atoms with Crippen molar-refractivity contribution in [3.05, 3.63) is 97.1 Å². The summed E-state index contributed by atoms with van der Waals surface area (Å²) in [6, 6.07) is 21.9. The van der Waals surface area contributed by atoms with Crippen LogP contribution in [0, 0.1) is 0 Å². The number of nitrogen functional groups attached to an aromatic ring is 1. The van der Waals surface area contributed by atoms with Gasteiger partial charge in [-0.1, -0.05) is 22.9 Å². The molecule has 0 fully saturated rings. The minimum absolute atomic E-state index is 0.440. The van der Waals surface area contributed by atoms with E-state index >= 15 is 0 Å². The Hall–Kier alpha value is -4.26. The third-order valence-corrected chi connectivity index (χ3v) is 4.87. The quantitative estimate of drug-likeness (QED) is 0.448. The highest BCUT2D eigenvalue weighted by Gasteiger charge is 2.17. The number of nitrogens with zero attached hydrogens (tertiary/aromatic N) is 5. The summed E-state index contributed by atoms with van der Waals surface area (Å²) < 4.78 is 3.95. The number of hydrogen-bond acceptors (Lipinski definition) is 5. The van der Waals surface area contributed by atoms with E-state index in [2.05, 4.69) is 39.7 Å². The zero-order valence-electron chi connectivity index (χ0n) is 16.2. The first-order chi connectivity index (χ1) is 14.8. The van der Waals surface area contributed by atoms with Crippen LogP contribution < -0.4 is 15.8 Å². The summed E-state index contributed by atoms with van der Waals surface area (Å²) in [5.41, 5.74) is 14.0. The molecule has 0 bridgehead atoms. The molecule has 146 valence electrons. The van der Waals surface area contributed by atoms with E-state index in [4.69, 9.17) is 10.7 Å². The number of fused-ring (bicyclic) bond motifs is 1. The highest BCUT2D eigenvalue weighted by atomic mass is 15.4. The fourth-order valence-corrected chi connectivity index (χ4v) is 3.39. The van der Waals surface area contributed by atoms with Crippen molar-refractivity contribution in [3.63, 3.8) is 0 Å². The monoisotopic (exact) mass is 394 g/mol. The molecule has 0 saturated carbocycles. The second kappa shape index (κ2) is 7.63. The number of aromatic nitrogens is 5. The second-order valence-electron chi connectivity index (χ2n) is 6.84. The van der Waals surface area contributed by atoms with Crippen LogP contribution in [0.15, 0.2) is 91.5 Å². The summed E-state index contributed by atoms with van der Waals surface area (Å²) in [5.74, 6) is 1.16. The predicted molar refractivity (Wildman–Crippen MR) is 116 cm³/mol. The smallest absolute Gasteiger partial charge is 0.199 e. The Morgan fingerprint density at radius 3 is 2.43 bits per heavy atom. The van der Waals surface area contributed by atoms with Crippen LogP contribution in [-0.4, -0.2) is 19.5 Å². The molecule has 0 amide bonds. The summed E-state index contributed by atoms with van der Waals surface area (Å²) >= 11 is 0. The summed E-state index contributed by atoms with van der Waals surface area (Å²) in [6.07, 6.45) is 7.40. The number of benzene rings is 1. The molecule has 0 unspecified atom stereocenters.